The quantitative estimate of drug-likeness (QED) is 0.845. The maximum Gasteiger partial charge on any atom is 0.411 e. The van der Waals surface area contributed by atoms with Crippen LogP contribution >= 0.6 is 0 Å². The van der Waals surface area contributed by atoms with Gasteiger partial charge in [-0.1, -0.05) is 34.1 Å². The molecule has 2 rings (SSSR count). The summed E-state index contributed by atoms with van der Waals surface area (Å²) >= 11 is 0. The molecule has 0 bridgehead atoms. The number of nitrogens with zero attached hydrogens (tertiary/aromatic N) is 1. The van der Waals surface area contributed by atoms with Crippen molar-refractivity contribution < 1.29 is 18.0 Å². The molecule has 1 saturated carbocycles. The zero-order valence-corrected chi connectivity index (χ0v) is 13.1. The van der Waals surface area contributed by atoms with Gasteiger partial charge >= 0.3 is 6.18 Å². The predicted octanol–water partition coefficient (Wildman–Crippen LogP) is 3.30. The Hall–Kier alpha value is -0.780. The monoisotopic (exact) mass is 306 g/mol. The van der Waals surface area contributed by atoms with Crippen LogP contribution in [0, 0.1) is 11.8 Å². The van der Waals surface area contributed by atoms with E-state index in [1.807, 2.05) is 27.7 Å². The van der Waals surface area contributed by atoms with E-state index in [1.54, 1.807) is 0 Å². The zero-order chi connectivity index (χ0) is 16.0. The molecule has 0 spiro atoms. The Kier molecular flexibility index (Phi) is 4.30. The van der Waals surface area contributed by atoms with Crippen LogP contribution in [0.2, 0.25) is 0 Å². The van der Waals surface area contributed by atoms with Gasteiger partial charge in [-0.15, -0.1) is 0 Å². The number of hydrogen-bond acceptors (Lipinski definition) is 2. The van der Waals surface area contributed by atoms with Crippen LogP contribution in [0.5, 0.6) is 0 Å². The number of carbonyl (C=O) groups excluding carboxylic acids is 1. The number of carbonyl (C=O) groups is 1. The summed E-state index contributed by atoms with van der Waals surface area (Å²) < 4.78 is 40.3. The Bertz CT molecular complexity index is 404. The fraction of sp³-hybridized carbons (Fsp3) is 0.933. The molecule has 2 aliphatic rings. The van der Waals surface area contributed by atoms with Crippen molar-refractivity contribution in [2.45, 2.75) is 77.3 Å². The Labute approximate surface area is 124 Å². The third kappa shape index (κ3) is 2.79. The van der Waals surface area contributed by atoms with E-state index in [4.69, 9.17) is 0 Å². The van der Waals surface area contributed by atoms with Crippen molar-refractivity contribution >= 4 is 5.91 Å². The van der Waals surface area contributed by atoms with E-state index in [0.29, 0.717) is 6.42 Å². The summed E-state index contributed by atoms with van der Waals surface area (Å²) in [7, 11) is 0. The lowest BCUT2D eigenvalue weighted by atomic mass is 9.99. The number of hydrogen-bond donors (Lipinski definition) is 1. The number of halogens is 3. The minimum absolute atomic E-state index is 0.0335. The molecule has 0 aromatic heterocycles. The fourth-order valence-corrected chi connectivity index (χ4v) is 3.21. The average molecular weight is 306 g/mol. The summed E-state index contributed by atoms with van der Waals surface area (Å²) in [6, 6.07) is -0.487. The van der Waals surface area contributed by atoms with Crippen LogP contribution in [0.15, 0.2) is 0 Å². The van der Waals surface area contributed by atoms with Gasteiger partial charge in [-0.05, 0) is 31.1 Å². The summed E-state index contributed by atoms with van der Waals surface area (Å²) in [6.45, 7) is 7.80. The van der Waals surface area contributed by atoms with Crippen LogP contribution < -0.4 is 5.32 Å². The lowest BCUT2D eigenvalue weighted by Crippen LogP contribution is -2.54. The van der Waals surface area contributed by atoms with Crippen molar-refractivity contribution in [2.24, 2.45) is 11.8 Å². The summed E-state index contributed by atoms with van der Waals surface area (Å²) in [4.78, 5) is 13.7. The average Bonchev–Trinajstić information content (AvgIpc) is 3.09. The van der Waals surface area contributed by atoms with Crippen LogP contribution in [-0.4, -0.2) is 34.7 Å². The molecule has 1 saturated heterocycles. The number of nitrogens with one attached hydrogen (secondary N) is 1. The van der Waals surface area contributed by atoms with Gasteiger partial charge in [0.05, 0.1) is 12.2 Å². The van der Waals surface area contributed by atoms with E-state index >= 15 is 0 Å². The Morgan fingerprint density at radius 1 is 1.33 bits per heavy atom. The molecule has 1 amide bonds. The van der Waals surface area contributed by atoms with Crippen LogP contribution in [0.4, 0.5) is 13.2 Å². The first kappa shape index (κ1) is 16.6. The molecule has 1 heterocycles. The minimum atomic E-state index is -4.34. The van der Waals surface area contributed by atoms with Crippen LogP contribution in [0.3, 0.4) is 0 Å². The molecule has 21 heavy (non-hydrogen) atoms. The lowest BCUT2D eigenvalue weighted by Gasteiger charge is -2.35. The van der Waals surface area contributed by atoms with Gasteiger partial charge in [0.2, 0.25) is 5.91 Å². The van der Waals surface area contributed by atoms with Crippen LogP contribution in [0.1, 0.15) is 53.4 Å². The Morgan fingerprint density at radius 2 is 1.90 bits per heavy atom. The standard InChI is InChI=1S/C15H25F3N2O/c1-5-10(4)12-13(21)20(11(19-12)8-9(2)3)14(6-7-14)15(16,17)18/h9-12,19H,5-8H2,1-4H3. The molecular weight excluding hydrogens is 281 g/mol. The first-order valence-corrected chi connectivity index (χ1v) is 7.80. The van der Waals surface area contributed by atoms with Crippen molar-refractivity contribution in [3.8, 4) is 0 Å². The maximum absolute atomic E-state index is 13.4. The molecule has 0 aromatic rings. The van der Waals surface area contributed by atoms with E-state index in [1.165, 1.54) is 0 Å². The smallest absolute Gasteiger partial charge is 0.311 e. The van der Waals surface area contributed by atoms with Gasteiger partial charge in [-0.25, -0.2) is 0 Å². The molecule has 3 nitrogen and oxygen atoms in total. The van der Waals surface area contributed by atoms with Gasteiger partial charge in [0, 0.05) is 0 Å². The third-order valence-electron chi connectivity index (χ3n) is 4.81. The van der Waals surface area contributed by atoms with Gasteiger partial charge in [-0.3, -0.25) is 10.1 Å². The van der Waals surface area contributed by atoms with E-state index in [9.17, 15) is 18.0 Å². The number of rotatable bonds is 5. The molecule has 1 aliphatic heterocycles. The molecule has 3 unspecified atom stereocenters. The van der Waals surface area contributed by atoms with Gasteiger partial charge in [0.25, 0.3) is 0 Å². The number of amides is 1. The van der Waals surface area contributed by atoms with Crippen molar-refractivity contribution in [3.05, 3.63) is 0 Å². The Balaban J connectivity index is 2.29. The highest BCUT2D eigenvalue weighted by Gasteiger charge is 2.71. The van der Waals surface area contributed by atoms with Gasteiger partial charge < -0.3 is 4.90 Å². The maximum atomic E-state index is 13.4. The summed E-state index contributed by atoms with van der Waals surface area (Å²) in [5.41, 5.74) is -1.92. The fourth-order valence-electron chi connectivity index (χ4n) is 3.21. The molecule has 0 aromatic carbocycles. The molecule has 0 radical (unpaired) electrons. The highest BCUT2D eigenvalue weighted by molar-refractivity contribution is 5.86. The van der Waals surface area contributed by atoms with Gasteiger partial charge in [-0.2, -0.15) is 13.2 Å². The molecule has 1 aliphatic carbocycles. The first-order valence-electron chi connectivity index (χ1n) is 7.80. The second-order valence-corrected chi connectivity index (χ2v) is 6.91. The van der Waals surface area contributed by atoms with E-state index in [-0.39, 0.29) is 30.6 Å². The zero-order valence-electron chi connectivity index (χ0n) is 13.1. The highest BCUT2D eigenvalue weighted by Crippen LogP contribution is 2.55. The molecule has 1 N–H and O–H groups in total. The van der Waals surface area contributed by atoms with Crippen molar-refractivity contribution in [2.75, 3.05) is 0 Å². The largest absolute Gasteiger partial charge is 0.411 e. The summed E-state index contributed by atoms with van der Waals surface area (Å²) in [5, 5.41) is 3.17. The molecule has 122 valence electrons. The third-order valence-corrected chi connectivity index (χ3v) is 4.81. The van der Waals surface area contributed by atoms with Crippen LogP contribution in [0.25, 0.3) is 0 Å². The minimum Gasteiger partial charge on any atom is -0.311 e. The molecule has 3 atom stereocenters. The predicted molar refractivity (Wildman–Crippen MR) is 74.5 cm³/mol. The molecule has 6 heteroatoms. The summed E-state index contributed by atoms with van der Waals surface area (Å²) in [5.74, 6) is -0.0939. The second kappa shape index (κ2) is 5.45. The van der Waals surface area contributed by atoms with E-state index < -0.39 is 23.9 Å². The first-order chi connectivity index (χ1) is 9.64. The van der Waals surface area contributed by atoms with E-state index in [2.05, 4.69) is 5.32 Å². The highest BCUT2D eigenvalue weighted by atomic mass is 19.4. The topological polar surface area (TPSA) is 32.3 Å². The van der Waals surface area contributed by atoms with Gasteiger partial charge in [0.1, 0.15) is 5.54 Å². The molecular formula is C15H25F3N2O. The molecule has 2 fully saturated rings. The second-order valence-electron chi connectivity index (χ2n) is 6.91. The van der Waals surface area contributed by atoms with Crippen LogP contribution in [-0.2, 0) is 4.79 Å². The normalized spacial score (nSPS) is 30.1. The van der Waals surface area contributed by atoms with E-state index in [0.717, 1.165) is 11.3 Å². The lowest BCUT2D eigenvalue weighted by molar-refractivity contribution is -0.203. The van der Waals surface area contributed by atoms with Gasteiger partial charge in [0.15, 0.2) is 0 Å². The SMILES string of the molecule is CCC(C)C1NC(CC(C)C)N(C2(C(F)(F)F)CC2)C1=O. The van der Waals surface area contributed by atoms with Crippen molar-refractivity contribution in [1.29, 1.82) is 0 Å². The number of alkyl halides is 3. The Morgan fingerprint density at radius 3 is 2.29 bits per heavy atom. The van der Waals surface area contributed by atoms with Crippen molar-refractivity contribution in [3.63, 3.8) is 0 Å². The van der Waals surface area contributed by atoms with Crippen molar-refractivity contribution in [1.82, 2.24) is 10.2 Å². The summed E-state index contributed by atoms with van der Waals surface area (Å²) in [6.07, 6.45) is -3.46.